The van der Waals surface area contributed by atoms with Gasteiger partial charge in [0.1, 0.15) is 0 Å². The largest absolute Gasteiger partial charge is 0.277 e. The van der Waals surface area contributed by atoms with Crippen molar-refractivity contribution in [3.63, 3.8) is 0 Å². The number of benzene rings is 2. The van der Waals surface area contributed by atoms with Crippen LogP contribution in [0.5, 0.6) is 0 Å². The highest BCUT2D eigenvalue weighted by atomic mass is 15.1. The molecule has 26 heavy (non-hydrogen) atoms. The van der Waals surface area contributed by atoms with Crippen molar-refractivity contribution in [1.82, 2.24) is 9.80 Å². The fourth-order valence-corrected chi connectivity index (χ4v) is 2.61. The quantitative estimate of drug-likeness (QED) is 0.681. The van der Waals surface area contributed by atoms with Gasteiger partial charge in [0, 0.05) is 13.1 Å². The van der Waals surface area contributed by atoms with Crippen molar-refractivity contribution in [3.05, 3.63) is 71.8 Å². The van der Waals surface area contributed by atoms with Gasteiger partial charge in [-0.1, -0.05) is 84.3 Å². The number of rotatable bonds is 8. The van der Waals surface area contributed by atoms with E-state index in [1.54, 1.807) is 0 Å². The summed E-state index contributed by atoms with van der Waals surface area (Å²) in [4.78, 5) is 4.32. The summed E-state index contributed by atoms with van der Waals surface area (Å²) in [6.45, 7) is 4.07. The average molecular weight is 340 g/mol. The third-order valence-corrected chi connectivity index (χ3v) is 3.86. The minimum atomic E-state index is 0.585. The van der Waals surface area contributed by atoms with E-state index in [9.17, 15) is 0 Å². The molecule has 0 amide bonds. The molecule has 0 atom stereocenters. The Bertz CT molecular complexity index is 718. The van der Waals surface area contributed by atoms with Crippen LogP contribution in [0.4, 0.5) is 0 Å². The number of nitrogens with zero attached hydrogens (tertiary/aromatic N) is 2. The van der Waals surface area contributed by atoms with Gasteiger partial charge in [0.2, 0.25) is 0 Å². The summed E-state index contributed by atoms with van der Waals surface area (Å²) in [5, 5.41) is 0. The molecule has 2 aromatic carbocycles. The third-order valence-electron chi connectivity index (χ3n) is 3.86. The molecule has 0 saturated heterocycles. The van der Waals surface area contributed by atoms with E-state index in [1.807, 2.05) is 36.4 Å². The zero-order chi connectivity index (χ0) is 18.5. The smallest absolute Gasteiger partial charge is 0.0613 e. The Labute approximate surface area is 157 Å². The zero-order valence-corrected chi connectivity index (χ0v) is 15.1. The summed E-state index contributed by atoms with van der Waals surface area (Å²) in [6.07, 6.45) is 11.0. The van der Waals surface area contributed by atoms with Gasteiger partial charge in [0.15, 0.2) is 0 Å². The van der Waals surface area contributed by atoms with E-state index in [1.165, 1.54) is 11.1 Å². The van der Waals surface area contributed by atoms with Crippen LogP contribution in [0.1, 0.15) is 11.1 Å². The first-order chi connectivity index (χ1) is 12.8. The monoisotopic (exact) mass is 340 g/mol. The van der Waals surface area contributed by atoms with Gasteiger partial charge in [-0.3, -0.25) is 9.80 Å². The first-order valence-corrected chi connectivity index (χ1v) is 8.67. The van der Waals surface area contributed by atoms with E-state index in [0.717, 1.165) is 13.1 Å². The maximum absolute atomic E-state index is 5.49. The highest BCUT2D eigenvalue weighted by Gasteiger charge is 2.04. The maximum Gasteiger partial charge on any atom is 0.0613 e. The molecule has 2 heteroatoms. The molecule has 0 saturated carbocycles. The summed E-state index contributed by atoms with van der Waals surface area (Å²) in [5.74, 6) is 11.9. The molecular formula is C24H24N2. The molecule has 2 nitrogen and oxygen atoms in total. The minimum absolute atomic E-state index is 0.585. The van der Waals surface area contributed by atoms with Crippen LogP contribution >= 0.6 is 0 Å². The fourth-order valence-electron chi connectivity index (χ4n) is 2.61. The van der Waals surface area contributed by atoms with Crippen LogP contribution < -0.4 is 0 Å². The highest BCUT2D eigenvalue weighted by Crippen LogP contribution is 2.04. The Kier molecular flexibility index (Phi) is 8.62. The summed E-state index contributed by atoms with van der Waals surface area (Å²) >= 11 is 0. The van der Waals surface area contributed by atoms with Gasteiger partial charge < -0.3 is 0 Å². The van der Waals surface area contributed by atoms with Crippen molar-refractivity contribution in [1.29, 1.82) is 0 Å². The summed E-state index contributed by atoms with van der Waals surface area (Å²) in [6, 6.07) is 20.6. The number of hydrogen-bond donors (Lipinski definition) is 0. The SMILES string of the molecule is C#CCN(CC#CCN(CC#C)Cc1ccccc1)Cc1ccccc1. The molecule has 0 heterocycles. The second-order valence-electron chi connectivity index (χ2n) is 6.02. The fraction of sp³-hybridized carbons (Fsp3) is 0.250. The average Bonchev–Trinajstić information content (AvgIpc) is 2.67. The van der Waals surface area contributed by atoms with Crippen LogP contribution in [0.2, 0.25) is 0 Å². The lowest BCUT2D eigenvalue weighted by atomic mass is 10.2. The van der Waals surface area contributed by atoms with Gasteiger partial charge >= 0.3 is 0 Å². The Hall–Kier alpha value is -2.96. The first-order valence-electron chi connectivity index (χ1n) is 8.67. The molecule has 0 N–H and O–H groups in total. The van der Waals surface area contributed by atoms with Gasteiger partial charge in [0.25, 0.3) is 0 Å². The lowest BCUT2D eigenvalue weighted by Gasteiger charge is -2.18. The Morgan fingerprint density at radius 2 is 0.962 bits per heavy atom. The Morgan fingerprint density at radius 1 is 0.577 bits per heavy atom. The van der Waals surface area contributed by atoms with Crippen LogP contribution in [-0.2, 0) is 13.1 Å². The molecule has 2 aromatic rings. The molecule has 130 valence electrons. The molecule has 0 bridgehead atoms. The van der Waals surface area contributed by atoms with E-state index in [4.69, 9.17) is 12.8 Å². The van der Waals surface area contributed by atoms with Crippen molar-refractivity contribution < 1.29 is 0 Å². The Balaban J connectivity index is 1.88. The van der Waals surface area contributed by atoms with E-state index in [0.29, 0.717) is 26.2 Å². The molecule has 0 aliphatic heterocycles. The molecule has 0 aliphatic carbocycles. The summed E-state index contributed by atoms with van der Waals surface area (Å²) in [7, 11) is 0. The number of hydrogen-bond acceptors (Lipinski definition) is 2. The second kappa shape index (κ2) is 11.6. The highest BCUT2D eigenvalue weighted by molar-refractivity contribution is 5.17. The Morgan fingerprint density at radius 3 is 1.31 bits per heavy atom. The summed E-state index contributed by atoms with van der Waals surface area (Å²) in [5.41, 5.74) is 2.48. The molecule has 0 fully saturated rings. The maximum atomic E-state index is 5.49. The molecule has 0 aromatic heterocycles. The van der Waals surface area contributed by atoms with Gasteiger partial charge in [-0.15, -0.1) is 12.8 Å². The molecular weight excluding hydrogens is 316 g/mol. The summed E-state index contributed by atoms with van der Waals surface area (Å²) < 4.78 is 0. The molecule has 0 radical (unpaired) electrons. The molecule has 0 spiro atoms. The van der Waals surface area contributed by atoms with Crippen molar-refractivity contribution in [2.75, 3.05) is 26.2 Å². The third kappa shape index (κ3) is 7.29. The van der Waals surface area contributed by atoms with E-state index in [-0.39, 0.29) is 0 Å². The predicted molar refractivity (Wildman–Crippen MR) is 109 cm³/mol. The van der Waals surface area contributed by atoms with Crippen molar-refractivity contribution in [2.45, 2.75) is 13.1 Å². The lowest BCUT2D eigenvalue weighted by molar-refractivity contribution is 0.332. The van der Waals surface area contributed by atoms with Crippen molar-refractivity contribution in [3.8, 4) is 36.5 Å². The molecule has 2 rings (SSSR count). The molecule has 0 aliphatic rings. The van der Waals surface area contributed by atoms with Crippen LogP contribution in [-0.4, -0.2) is 36.0 Å². The van der Waals surface area contributed by atoms with Crippen LogP contribution in [0.15, 0.2) is 60.7 Å². The normalized spacial score (nSPS) is 10.0. The van der Waals surface area contributed by atoms with Crippen molar-refractivity contribution in [2.24, 2.45) is 0 Å². The van der Waals surface area contributed by atoms with Crippen LogP contribution in [0.3, 0.4) is 0 Å². The van der Waals surface area contributed by atoms with Crippen molar-refractivity contribution >= 4 is 0 Å². The van der Waals surface area contributed by atoms with E-state index in [2.05, 4.69) is 57.7 Å². The van der Waals surface area contributed by atoms with Gasteiger partial charge in [0.05, 0.1) is 26.2 Å². The van der Waals surface area contributed by atoms with Crippen LogP contribution in [0, 0.1) is 36.5 Å². The van der Waals surface area contributed by atoms with Gasteiger partial charge in [-0.25, -0.2) is 0 Å². The number of terminal acetylenes is 2. The molecule has 0 unspecified atom stereocenters. The van der Waals surface area contributed by atoms with Gasteiger partial charge in [-0.2, -0.15) is 0 Å². The topological polar surface area (TPSA) is 6.48 Å². The van der Waals surface area contributed by atoms with E-state index >= 15 is 0 Å². The predicted octanol–water partition coefficient (Wildman–Crippen LogP) is 3.26. The lowest BCUT2D eigenvalue weighted by Crippen LogP contribution is -2.25. The van der Waals surface area contributed by atoms with Gasteiger partial charge in [-0.05, 0) is 11.1 Å². The van der Waals surface area contributed by atoms with Crippen LogP contribution in [0.25, 0.3) is 0 Å². The standard InChI is InChI=1S/C24H24N2/c1-3-17-25(21-23-13-7-5-8-14-23)19-11-12-20-26(18-4-2)22-24-15-9-6-10-16-24/h1-2,5-10,13-16H,17-22H2. The van der Waals surface area contributed by atoms with E-state index < -0.39 is 0 Å². The minimum Gasteiger partial charge on any atom is -0.277 e. The zero-order valence-electron chi connectivity index (χ0n) is 15.1. The second-order valence-corrected chi connectivity index (χ2v) is 6.02. The first kappa shape index (κ1) is 19.4.